The summed E-state index contributed by atoms with van der Waals surface area (Å²) < 4.78 is 0. The Balaban J connectivity index is 2.06. The molecular formula is C17H27ClN2. The molecule has 1 aromatic rings. The second-order valence-electron chi connectivity index (χ2n) is 7.24. The van der Waals surface area contributed by atoms with Gasteiger partial charge in [0.25, 0.3) is 0 Å². The smallest absolute Gasteiger partial charge is 0.0471 e. The van der Waals surface area contributed by atoms with Crippen LogP contribution in [-0.2, 0) is 6.54 Å². The molecule has 0 radical (unpaired) electrons. The fourth-order valence-corrected chi connectivity index (χ4v) is 2.82. The highest BCUT2D eigenvalue weighted by atomic mass is 35.5. The lowest BCUT2D eigenvalue weighted by atomic mass is 10.0. The lowest BCUT2D eigenvalue weighted by Gasteiger charge is -2.22. The molecule has 1 heterocycles. The molecular weight excluding hydrogens is 268 g/mol. The van der Waals surface area contributed by atoms with Crippen molar-refractivity contribution in [1.29, 1.82) is 0 Å². The molecule has 0 spiro atoms. The zero-order chi connectivity index (χ0) is 14.9. The van der Waals surface area contributed by atoms with Crippen LogP contribution in [0.4, 0.5) is 5.69 Å². The van der Waals surface area contributed by atoms with E-state index in [1.807, 2.05) is 0 Å². The summed E-state index contributed by atoms with van der Waals surface area (Å²) in [6.07, 6.45) is 0. The third kappa shape index (κ3) is 3.89. The predicted molar refractivity (Wildman–Crippen MR) is 88.6 cm³/mol. The van der Waals surface area contributed by atoms with Crippen molar-refractivity contribution in [3.63, 3.8) is 0 Å². The van der Waals surface area contributed by atoms with Crippen LogP contribution in [-0.4, -0.2) is 18.6 Å². The molecule has 1 N–H and O–H groups in total. The fraction of sp³-hybridized carbons (Fsp3) is 0.647. The van der Waals surface area contributed by atoms with Crippen molar-refractivity contribution in [3.05, 3.63) is 28.8 Å². The number of hydrogen-bond acceptors (Lipinski definition) is 2. The Morgan fingerprint density at radius 3 is 2.30 bits per heavy atom. The van der Waals surface area contributed by atoms with Gasteiger partial charge in [-0.1, -0.05) is 31.5 Å². The molecule has 2 nitrogen and oxygen atoms in total. The molecule has 1 aliphatic rings. The average Bonchev–Trinajstić information content (AvgIpc) is 2.67. The van der Waals surface area contributed by atoms with Crippen molar-refractivity contribution >= 4 is 17.3 Å². The van der Waals surface area contributed by atoms with E-state index in [1.54, 1.807) is 0 Å². The molecule has 0 aliphatic carbocycles. The molecule has 2 atom stereocenters. The number of nitrogens with one attached hydrogen (secondary N) is 1. The van der Waals surface area contributed by atoms with Gasteiger partial charge in [-0.15, -0.1) is 0 Å². The molecule has 0 bridgehead atoms. The fourth-order valence-electron chi connectivity index (χ4n) is 2.58. The first-order valence-corrected chi connectivity index (χ1v) is 7.92. The maximum absolute atomic E-state index is 6.44. The highest BCUT2D eigenvalue weighted by molar-refractivity contribution is 6.31. The number of anilines is 1. The monoisotopic (exact) mass is 294 g/mol. The van der Waals surface area contributed by atoms with E-state index in [1.165, 1.54) is 11.3 Å². The minimum absolute atomic E-state index is 0.113. The zero-order valence-electron chi connectivity index (χ0n) is 13.3. The molecule has 1 aromatic carbocycles. The van der Waals surface area contributed by atoms with Gasteiger partial charge in [-0.25, -0.2) is 0 Å². The maximum Gasteiger partial charge on any atom is 0.0471 e. The summed E-state index contributed by atoms with van der Waals surface area (Å²) in [7, 11) is 0. The topological polar surface area (TPSA) is 15.3 Å². The first-order chi connectivity index (χ1) is 9.26. The van der Waals surface area contributed by atoms with E-state index in [0.29, 0.717) is 0 Å². The van der Waals surface area contributed by atoms with Crippen molar-refractivity contribution < 1.29 is 0 Å². The van der Waals surface area contributed by atoms with Gasteiger partial charge < -0.3 is 10.2 Å². The van der Waals surface area contributed by atoms with Gasteiger partial charge in [0, 0.05) is 35.9 Å². The molecule has 0 saturated carbocycles. The normalized spacial score (nSPS) is 23.4. The van der Waals surface area contributed by atoms with E-state index in [4.69, 9.17) is 11.6 Å². The summed E-state index contributed by atoms with van der Waals surface area (Å²) >= 11 is 6.44. The van der Waals surface area contributed by atoms with Crippen molar-refractivity contribution in [2.24, 2.45) is 11.8 Å². The van der Waals surface area contributed by atoms with Gasteiger partial charge in [-0.2, -0.15) is 0 Å². The summed E-state index contributed by atoms with van der Waals surface area (Å²) in [5.74, 6) is 1.52. The zero-order valence-corrected chi connectivity index (χ0v) is 14.1. The van der Waals surface area contributed by atoms with Crippen LogP contribution in [0.15, 0.2) is 18.2 Å². The van der Waals surface area contributed by atoms with E-state index >= 15 is 0 Å². The molecule has 20 heavy (non-hydrogen) atoms. The second-order valence-corrected chi connectivity index (χ2v) is 7.65. The summed E-state index contributed by atoms with van der Waals surface area (Å²) in [5.41, 5.74) is 2.54. The standard InChI is InChI=1S/C17H27ClN2/c1-12-10-20(11-13(12)2)15-7-6-14(16(18)8-15)9-19-17(3,4)5/h6-8,12-13,19H,9-11H2,1-5H3. The van der Waals surface area contributed by atoms with Gasteiger partial charge in [-0.3, -0.25) is 0 Å². The third-order valence-corrected chi connectivity index (χ3v) is 4.55. The van der Waals surface area contributed by atoms with Gasteiger partial charge in [0.1, 0.15) is 0 Å². The highest BCUT2D eigenvalue weighted by Gasteiger charge is 2.26. The lowest BCUT2D eigenvalue weighted by Crippen LogP contribution is -2.35. The van der Waals surface area contributed by atoms with E-state index in [0.717, 1.165) is 36.5 Å². The SMILES string of the molecule is CC1CN(c2ccc(CNC(C)(C)C)c(Cl)c2)CC1C. The number of rotatable bonds is 3. The van der Waals surface area contributed by atoms with Crippen LogP contribution in [0.1, 0.15) is 40.2 Å². The Morgan fingerprint density at radius 2 is 1.80 bits per heavy atom. The van der Waals surface area contributed by atoms with Gasteiger partial charge >= 0.3 is 0 Å². The minimum Gasteiger partial charge on any atom is -0.371 e. The van der Waals surface area contributed by atoms with Crippen LogP contribution < -0.4 is 10.2 Å². The van der Waals surface area contributed by atoms with Gasteiger partial charge in [0.2, 0.25) is 0 Å². The third-order valence-electron chi connectivity index (χ3n) is 4.20. The molecule has 1 fully saturated rings. The van der Waals surface area contributed by atoms with Gasteiger partial charge in [0.05, 0.1) is 0 Å². The van der Waals surface area contributed by atoms with Crippen LogP contribution in [0.2, 0.25) is 5.02 Å². The molecule has 1 saturated heterocycles. The number of nitrogens with zero attached hydrogens (tertiary/aromatic N) is 1. The summed E-state index contributed by atoms with van der Waals surface area (Å²) in [6.45, 7) is 14.2. The Kier molecular flexibility index (Phi) is 4.66. The van der Waals surface area contributed by atoms with Gasteiger partial charge in [-0.05, 0) is 50.3 Å². The summed E-state index contributed by atoms with van der Waals surface area (Å²) in [4.78, 5) is 2.45. The van der Waals surface area contributed by atoms with Crippen LogP contribution >= 0.6 is 11.6 Å². The molecule has 0 amide bonds. The molecule has 112 valence electrons. The van der Waals surface area contributed by atoms with E-state index in [2.05, 4.69) is 63.0 Å². The summed E-state index contributed by atoms with van der Waals surface area (Å²) in [6, 6.07) is 6.48. The van der Waals surface area contributed by atoms with Crippen LogP contribution in [0.5, 0.6) is 0 Å². The van der Waals surface area contributed by atoms with E-state index < -0.39 is 0 Å². The first-order valence-electron chi connectivity index (χ1n) is 7.54. The minimum atomic E-state index is 0.113. The predicted octanol–water partition coefficient (Wildman–Crippen LogP) is 4.32. The Labute approximate surface area is 128 Å². The Hall–Kier alpha value is -0.730. The van der Waals surface area contributed by atoms with E-state index in [-0.39, 0.29) is 5.54 Å². The molecule has 1 aliphatic heterocycles. The molecule has 2 unspecified atom stereocenters. The second kappa shape index (κ2) is 5.95. The largest absolute Gasteiger partial charge is 0.371 e. The Bertz CT molecular complexity index is 455. The Morgan fingerprint density at radius 1 is 1.20 bits per heavy atom. The van der Waals surface area contributed by atoms with Crippen LogP contribution in [0.3, 0.4) is 0 Å². The number of halogens is 1. The number of benzene rings is 1. The van der Waals surface area contributed by atoms with Crippen molar-refractivity contribution in [2.75, 3.05) is 18.0 Å². The number of hydrogen-bond donors (Lipinski definition) is 1. The van der Waals surface area contributed by atoms with Crippen molar-refractivity contribution in [3.8, 4) is 0 Å². The summed E-state index contributed by atoms with van der Waals surface area (Å²) in [5, 5.41) is 4.35. The van der Waals surface area contributed by atoms with Crippen LogP contribution in [0, 0.1) is 11.8 Å². The molecule has 3 heteroatoms. The lowest BCUT2D eigenvalue weighted by molar-refractivity contribution is 0.424. The quantitative estimate of drug-likeness (QED) is 0.893. The average molecular weight is 295 g/mol. The van der Waals surface area contributed by atoms with Gasteiger partial charge in [0.15, 0.2) is 0 Å². The maximum atomic E-state index is 6.44. The van der Waals surface area contributed by atoms with Crippen LogP contribution in [0.25, 0.3) is 0 Å². The first kappa shape index (κ1) is 15.7. The van der Waals surface area contributed by atoms with E-state index in [9.17, 15) is 0 Å². The molecule has 2 rings (SSSR count). The molecule has 0 aromatic heterocycles. The van der Waals surface area contributed by atoms with Crippen molar-refractivity contribution in [1.82, 2.24) is 5.32 Å². The van der Waals surface area contributed by atoms with Crippen molar-refractivity contribution in [2.45, 2.75) is 46.7 Å². The highest BCUT2D eigenvalue weighted by Crippen LogP contribution is 2.30.